The van der Waals surface area contributed by atoms with E-state index in [9.17, 15) is 0 Å². The van der Waals surface area contributed by atoms with Crippen molar-refractivity contribution in [1.29, 1.82) is 0 Å². The van der Waals surface area contributed by atoms with Gasteiger partial charge in [-0.1, -0.05) is 212 Å². The highest BCUT2D eigenvalue weighted by Crippen LogP contribution is 2.50. The van der Waals surface area contributed by atoms with E-state index in [1.165, 1.54) is 55.2 Å². The van der Waals surface area contributed by atoms with Crippen LogP contribution in [0, 0.1) is 0 Å². The van der Waals surface area contributed by atoms with Crippen LogP contribution in [-0.2, 0) is 0 Å². The zero-order valence-electron chi connectivity index (χ0n) is 34.1. The molecule has 0 spiro atoms. The average Bonchev–Trinajstić information content (AvgIpc) is 3.69. The van der Waals surface area contributed by atoms with Gasteiger partial charge in [-0.15, -0.1) is 0 Å². The normalized spacial score (nSPS) is 11.2. The Hall–Kier alpha value is -8.20. The summed E-state index contributed by atoms with van der Waals surface area (Å²) in [4.78, 5) is 2.47. The molecule has 0 saturated carbocycles. The summed E-state index contributed by atoms with van der Waals surface area (Å²) in [6.45, 7) is 0. The predicted molar refractivity (Wildman–Crippen MR) is 263 cm³/mol. The first-order chi connectivity index (χ1) is 30.8. The van der Waals surface area contributed by atoms with Gasteiger partial charge in [-0.25, -0.2) is 0 Å². The molecule has 0 saturated heterocycles. The predicted octanol–water partition coefficient (Wildman–Crippen LogP) is 16.6. The molecule has 2 heteroatoms. The smallest absolute Gasteiger partial charge is 0.0541 e. The highest BCUT2D eigenvalue weighted by molar-refractivity contribution is 6.09. The van der Waals surface area contributed by atoms with Gasteiger partial charge in [0.2, 0.25) is 0 Å². The number of nitrogens with zero attached hydrogens (tertiary/aromatic N) is 2. The van der Waals surface area contributed by atoms with E-state index in [1.54, 1.807) is 0 Å². The second-order valence-electron chi connectivity index (χ2n) is 15.6. The molecule has 292 valence electrons. The van der Waals surface area contributed by atoms with Crippen LogP contribution in [0.25, 0.3) is 83.1 Å². The van der Waals surface area contributed by atoms with Crippen LogP contribution in [-0.4, -0.2) is 4.57 Å². The van der Waals surface area contributed by atoms with Crippen molar-refractivity contribution >= 4 is 38.9 Å². The van der Waals surface area contributed by atoms with Gasteiger partial charge in [-0.05, 0) is 87.0 Å². The van der Waals surface area contributed by atoms with Crippen molar-refractivity contribution in [1.82, 2.24) is 4.57 Å². The zero-order valence-corrected chi connectivity index (χ0v) is 34.1. The van der Waals surface area contributed by atoms with Gasteiger partial charge < -0.3 is 9.47 Å². The number of aromatic nitrogens is 1. The van der Waals surface area contributed by atoms with Gasteiger partial charge in [-0.2, -0.15) is 0 Å². The monoisotopic (exact) mass is 790 g/mol. The molecule has 2 nitrogen and oxygen atoms in total. The Labute approximate surface area is 362 Å². The van der Waals surface area contributed by atoms with Crippen LogP contribution >= 0.6 is 0 Å². The third-order valence-corrected chi connectivity index (χ3v) is 12.0. The molecule has 0 atom stereocenters. The van der Waals surface area contributed by atoms with Crippen LogP contribution in [0.3, 0.4) is 0 Å². The van der Waals surface area contributed by atoms with Gasteiger partial charge in [0.25, 0.3) is 0 Å². The highest BCUT2D eigenvalue weighted by Gasteiger charge is 2.25. The van der Waals surface area contributed by atoms with E-state index in [4.69, 9.17) is 0 Å². The molecule has 0 fully saturated rings. The maximum atomic E-state index is 2.47. The average molecular weight is 791 g/mol. The van der Waals surface area contributed by atoms with Crippen LogP contribution in [0.2, 0.25) is 0 Å². The number of fused-ring (bicyclic) bond motifs is 3. The number of rotatable bonds is 9. The molecule has 1 heterocycles. The van der Waals surface area contributed by atoms with Crippen molar-refractivity contribution in [2.24, 2.45) is 0 Å². The largest absolute Gasteiger partial charge is 0.309 e. The molecule has 11 rings (SSSR count). The van der Waals surface area contributed by atoms with Gasteiger partial charge in [0.15, 0.2) is 0 Å². The van der Waals surface area contributed by atoms with Gasteiger partial charge in [0, 0.05) is 33.3 Å². The standard InChI is InChI=1S/C60H42N2/c1-4-22-43(23-5-1)48-30-10-11-35-54(48)60-50(45-26-8-3-9-27-45)36-21-37-55(60)53-34-15-19-41-59(53)61(56-38-16-12-31-49(56)44-24-6-2-7-25-44)46-28-20-29-47(42-46)62-57-39-17-13-32-51(57)52-33-14-18-40-58(52)62/h1-42H. The fourth-order valence-corrected chi connectivity index (χ4v) is 9.30. The van der Waals surface area contributed by atoms with Crippen LogP contribution in [0.4, 0.5) is 17.1 Å². The molecular weight excluding hydrogens is 749 g/mol. The zero-order chi connectivity index (χ0) is 41.2. The lowest BCUT2D eigenvalue weighted by atomic mass is 9.84. The van der Waals surface area contributed by atoms with Gasteiger partial charge in [0.05, 0.1) is 22.4 Å². The fraction of sp³-hybridized carbons (Fsp3) is 0. The van der Waals surface area contributed by atoms with Crippen molar-refractivity contribution in [2.75, 3.05) is 4.90 Å². The van der Waals surface area contributed by atoms with Gasteiger partial charge in [-0.3, -0.25) is 0 Å². The van der Waals surface area contributed by atoms with Crippen molar-refractivity contribution in [3.05, 3.63) is 255 Å². The summed E-state index contributed by atoms with van der Waals surface area (Å²) in [5, 5.41) is 2.48. The third kappa shape index (κ3) is 6.56. The van der Waals surface area contributed by atoms with E-state index in [0.717, 1.165) is 45.0 Å². The van der Waals surface area contributed by atoms with Crippen molar-refractivity contribution in [3.63, 3.8) is 0 Å². The molecule has 1 aromatic heterocycles. The fourth-order valence-electron chi connectivity index (χ4n) is 9.30. The van der Waals surface area contributed by atoms with E-state index in [2.05, 4.69) is 264 Å². The molecule has 0 unspecified atom stereocenters. The van der Waals surface area contributed by atoms with E-state index in [1.807, 2.05) is 0 Å². The SMILES string of the molecule is c1ccc(-c2ccccc2-c2c(-c3ccccc3)cccc2-c2ccccc2N(c2cccc(-n3c4ccccc4c4ccccc43)c2)c2ccccc2-c2ccccc2)cc1. The molecule has 11 aromatic rings. The number of para-hydroxylation sites is 4. The van der Waals surface area contributed by atoms with Crippen molar-refractivity contribution < 1.29 is 0 Å². The van der Waals surface area contributed by atoms with E-state index in [0.29, 0.717) is 0 Å². The molecule has 0 N–H and O–H groups in total. The Kier molecular flexibility index (Phi) is 9.57. The van der Waals surface area contributed by atoms with E-state index >= 15 is 0 Å². The topological polar surface area (TPSA) is 8.17 Å². The lowest BCUT2D eigenvalue weighted by Gasteiger charge is -2.31. The Morgan fingerprint density at radius 1 is 0.274 bits per heavy atom. The second kappa shape index (κ2) is 16.1. The molecule has 0 aliphatic carbocycles. The van der Waals surface area contributed by atoms with Gasteiger partial charge in [0.1, 0.15) is 0 Å². The first kappa shape index (κ1) is 36.8. The Morgan fingerprint density at radius 2 is 0.694 bits per heavy atom. The quantitative estimate of drug-likeness (QED) is 0.141. The first-order valence-electron chi connectivity index (χ1n) is 21.3. The number of anilines is 3. The molecule has 62 heavy (non-hydrogen) atoms. The second-order valence-corrected chi connectivity index (χ2v) is 15.6. The molecule has 0 bridgehead atoms. The molecule has 10 aromatic carbocycles. The summed E-state index contributed by atoms with van der Waals surface area (Å²) >= 11 is 0. The summed E-state index contributed by atoms with van der Waals surface area (Å²) < 4.78 is 2.41. The Bertz CT molecular complexity index is 3290. The lowest BCUT2D eigenvalue weighted by Crippen LogP contribution is -2.13. The molecular formula is C60H42N2. The maximum absolute atomic E-state index is 2.47. The Balaban J connectivity index is 1.19. The molecule has 0 aliphatic heterocycles. The van der Waals surface area contributed by atoms with Gasteiger partial charge >= 0.3 is 0 Å². The first-order valence-corrected chi connectivity index (χ1v) is 21.3. The molecule has 0 aliphatic rings. The minimum absolute atomic E-state index is 1.06. The van der Waals surface area contributed by atoms with Crippen molar-refractivity contribution in [2.45, 2.75) is 0 Å². The summed E-state index contributed by atoms with van der Waals surface area (Å²) in [6.07, 6.45) is 0. The minimum atomic E-state index is 1.06. The number of hydrogen-bond acceptors (Lipinski definition) is 1. The minimum Gasteiger partial charge on any atom is -0.309 e. The highest BCUT2D eigenvalue weighted by atomic mass is 15.2. The third-order valence-electron chi connectivity index (χ3n) is 12.0. The van der Waals surface area contributed by atoms with Crippen LogP contribution in [0.15, 0.2) is 255 Å². The van der Waals surface area contributed by atoms with E-state index < -0.39 is 0 Å². The number of hydrogen-bond donors (Lipinski definition) is 0. The summed E-state index contributed by atoms with van der Waals surface area (Å²) in [5.74, 6) is 0. The Morgan fingerprint density at radius 3 is 1.32 bits per heavy atom. The van der Waals surface area contributed by atoms with Crippen molar-refractivity contribution in [3.8, 4) is 61.3 Å². The number of benzene rings is 10. The maximum Gasteiger partial charge on any atom is 0.0541 e. The van der Waals surface area contributed by atoms with Crippen LogP contribution < -0.4 is 4.90 Å². The summed E-state index contributed by atoms with van der Waals surface area (Å²) in [7, 11) is 0. The van der Waals surface area contributed by atoms with Crippen LogP contribution in [0.5, 0.6) is 0 Å². The molecule has 0 amide bonds. The summed E-state index contributed by atoms with van der Waals surface area (Å²) in [6, 6.07) is 92.2. The van der Waals surface area contributed by atoms with E-state index in [-0.39, 0.29) is 0 Å². The molecule has 0 radical (unpaired) electrons. The lowest BCUT2D eigenvalue weighted by molar-refractivity contribution is 1.17. The summed E-state index contributed by atoms with van der Waals surface area (Å²) in [5.41, 5.74) is 18.4. The van der Waals surface area contributed by atoms with Crippen LogP contribution in [0.1, 0.15) is 0 Å².